The minimum Gasteiger partial charge on any atom is -0.491 e. The van der Waals surface area contributed by atoms with E-state index in [1.165, 1.54) is 54.9 Å². The molecular formula is C21H29NO. The summed E-state index contributed by atoms with van der Waals surface area (Å²) < 4.78 is 6.08. The Kier molecular flexibility index (Phi) is 5.56. The van der Waals surface area contributed by atoms with E-state index in [4.69, 9.17) is 4.74 Å². The van der Waals surface area contributed by atoms with E-state index in [0.717, 1.165) is 12.3 Å². The summed E-state index contributed by atoms with van der Waals surface area (Å²) in [4.78, 5) is 0. The quantitative estimate of drug-likeness (QED) is 0.742. The van der Waals surface area contributed by atoms with Crippen molar-refractivity contribution in [1.82, 2.24) is 5.32 Å². The van der Waals surface area contributed by atoms with Gasteiger partial charge in [-0.3, -0.25) is 0 Å². The van der Waals surface area contributed by atoms with Gasteiger partial charge in [-0.05, 0) is 43.5 Å². The van der Waals surface area contributed by atoms with Crippen molar-refractivity contribution in [3.8, 4) is 5.75 Å². The van der Waals surface area contributed by atoms with Crippen molar-refractivity contribution in [3.05, 3.63) is 42.0 Å². The number of hydrogen-bond acceptors (Lipinski definition) is 2. The van der Waals surface area contributed by atoms with Crippen LogP contribution in [-0.2, 0) is 6.54 Å². The van der Waals surface area contributed by atoms with Gasteiger partial charge in [0.05, 0.1) is 6.10 Å². The first kappa shape index (κ1) is 16.3. The van der Waals surface area contributed by atoms with Crippen LogP contribution < -0.4 is 10.1 Å². The first-order valence-corrected chi connectivity index (χ1v) is 9.14. The predicted octanol–water partition coefficient (Wildman–Crippen LogP) is 5.44. The number of fused-ring (bicyclic) bond motifs is 1. The van der Waals surface area contributed by atoms with Gasteiger partial charge in [-0.1, -0.05) is 56.0 Å². The molecule has 1 aliphatic rings. The number of ether oxygens (including phenoxy) is 1. The van der Waals surface area contributed by atoms with Gasteiger partial charge < -0.3 is 10.1 Å². The maximum atomic E-state index is 6.08. The molecule has 0 bridgehead atoms. The molecule has 0 aliphatic heterocycles. The molecule has 0 saturated heterocycles. The monoisotopic (exact) mass is 311 g/mol. The Balaban J connectivity index is 1.83. The maximum Gasteiger partial charge on any atom is 0.124 e. The minimum atomic E-state index is 0.202. The van der Waals surface area contributed by atoms with E-state index in [-0.39, 0.29) is 6.10 Å². The Morgan fingerprint density at radius 2 is 1.74 bits per heavy atom. The zero-order valence-electron chi connectivity index (χ0n) is 14.5. The molecule has 0 amide bonds. The molecule has 1 N–H and O–H groups in total. The van der Waals surface area contributed by atoms with Crippen molar-refractivity contribution in [2.45, 2.75) is 71.1 Å². The summed E-state index contributed by atoms with van der Waals surface area (Å²) in [5, 5.41) is 6.41. The smallest absolute Gasteiger partial charge is 0.124 e. The first-order valence-electron chi connectivity index (χ1n) is 9.14. The van der Waals surface area contributed by atoms with Crippen LogP contribution in [0, 0.1) is 0 Å². The summed E-state index contributed by atoms with van der Waals surface area (Å²) in [7, 11) is 0. The second-order valence-electron chi connectivity index (χ2n) is 7.00. The zero-order chi connectivity index (χ0) is 16.1. The topological polar surface area (TPSA) is 21.3 Å². The second-order valence-corrected chi connectivity index (χ2v) is 7.00. The van der Waals surface area contributed by atoms with E-state index >= 15 is 0 Å². The third-order valence-electron chi connectivity index (χ3n) is 4.78. The molecular weight excluding hydrogens is 282 g/mol. The molecule has 2 heteroatoms. The third-order valence-corrected chi connectivity index (χ3v) is 4.78. The Bertz CT molecular complexity index is 627. The minimum absolute atomic E-state index is 0.202. The highest BCUT2D eigenvalue weighted by Gasteiger charge is 2.15. The fraction of sp³-hybridized carbons (Fsp3) is 0.524. The average molecular weight is 311 g/mol. The van der Waals surface area contributed by atoms with E-state index in [9.17, 15) is 0 Å². The molecule has 124 valence electrons. The number of hydrogen-bond donors (Lipinski definition) is 1. The summed E-state index contributed by atoms with van der Waals surface area (Å²) in [6.07, 6.45) is 8.34. The van der Waals surface area contributed by atoms with Crippen molar-refractivity contribution >= 4 is 10.8 Å². The Labute approximate surface area is 140 Å². The van der Waals surface area contributed by atoms with Gasteiger partial charge in [-0.2, -0.15) is 0 Å². The van der Waals surface area contributed by atoms with Crippen LogP contribution in [0.4, 0.5) is 0 Å². The normalized spacial score (nSPS) is 16.7. The molecule has 1 fully saturated rings. The van der Waals surface area contributed by atoms with Crippen molar-refractivity contribution in [2.75, 3.05) is 0 Å². The zero-order valence-corrected chi connectivity index (χ0v) is 14.5. The van der Waals surface area contributed by atoms with Gasteiger partial charge in [0.2, 0.25) is 0 Å². The van der Waals surface area contributed by atoms with Crippen molar-refractivity contribution in [1.29, 1.82) is 0 Å². The summed E-state index contributed by atoms with van der Waals surface area (Å²) in [5.74, 6) is 1.03. The molecule has 2 aromatic rings. The van der Waals surface area contributed by atoms with Crippen LogP contribution in [-0.4, -0.2) is 12.1 Å². The molecule has 0 unspecified atom stereocenters. The average Bonchev–Trinajstić information content (AvgIpc) is 2.82. The van der Waals surface area contributed by atoms with Crippen LogP contribution in [0.25, 0.3) is 10.8 Å². The third kappa shape index (κ3) is 4.26. The van der Waals surface area contributed by atoms with Gasteiger partial charge >= 0.3 is 0 Å². The molecule has 23 heavy (non-hydrogen) atoms. The van der Waals surface area contributed by atoms with Crippen LogP contribution in [0.5, 0.6) is 5.75 Å². The van der Waals surface area contributed by atoms with Gasteiger partial charge in [0, 0.05) is 18.2 Å². The Morgan fingerprint density at radius 3 is 2.48 bits per heavy atom. The lowest BCUT2D eigenvalue weighted by Gasteiger charge is -2.20. The standard InChI is InChI=1S/C21H29NO/c1-16(2)23-21-14-13-17-9-7-8-12-19(17)20(21)15-22-18-10-5-3-4-6-11-18/h7-9,12-14,16,18,22H,3-6,10-11,15H2,1-2H3. The van der Waals surface area contributed by atoms with E-state index in [2.05, 4.69) is 55.6 Å². The van der Waals surface area contributed by atoms with E-state index in [1.54, 1.807) is 0 Å². The Morgan fingerprint density at radius 1 is 1.00 bits per heavy atom. The number of benzene rings is 2. The fourth-order valence-electron chi connectivity index (χ4n) is 3.59. The van der Waals surface area contributed by atoms with Crippen molar-refractivity contribution < 1.29 is 4.74 Å². The molecule has 0 atom stereocenters. The summed E-state index contributed by atoms with van der Waals surface area (Å²) >= 11 is 0. The van der Waals surface area contributed by atoms with Crippen LogP contribution in [0.15, 0.2) is 36.4 Å². The summed E-state index contributed by atoms with van der Waals surface area (Å²) in [6, 6.07) is 13.6. The van der Waals surface area contributed by atoms with Crippen LogP contribution in [0.1, 0.15) is 57.9 Å². The van der Waals surface area contributed by atoms with Gasteiger partial charge in [-0.15, -0.1) is 0 Å². The maximum absolute atomic E-state index is 6.08. The molecule has 0 aromatic heterocycles. The summed E-state index contributed by atoms with van der Waals surface area (Å²) in [6.45, 7) is 5.09. The number of rotatable bonds is 5. The fourth-order valence-corrected chi connectivity index (χ4v) is 3.59. The Hall–Kier alpha value is -1.54. The van der Waals surface area contributed by atoms with E-state index in [1.807, 2.05) is 0 Å². The highest BCUT2D eigenvalue weighted by Crippen LogP contribution is 2.29. The van der Waals surface area contributed by atoms with Crippen LogP contribution >= 0.6 is 0 Å². The van der Waals surface area contributed by atoms with Gasteiger partial charge in [0.1, 0.15) is 5.75 Å². The van der Waals surface area contributed by atoms with Crippen molar-refractivity contribution in [3.63, 3.8) is 0 Å². The van der Waals surface area contributed by atoms with Crippen molar-refractivity contribution in [2.24, 2.45) is 0 Å². The number of nitrogens with one attached hydrogen (secondary N) is 1. The van der Waals surface area contributed by atoms with Gasteiger partial charge in [0.15, 0.2) is 0 Å². The lowest BCUT2D eigenvalue weighted by molar-refractivity contribution is 0.239. The van der Waals surface area contributed by atoms with Crippen LogP contribution in [0.2, 0.25) is 0 Å². The van der Waals surface area contributed by atoms with Gasteiger partial charge in [-0.25, -0.2) is 0 Å². The molecule has 3 rings (SSSR count). The molecule has 2 aromatic carbocycles. The second kappa shape index (κ2) is 7.83. The molecule has 0 spiro atoms. The lowest BCUT2D eigenvalue weighted by Crippen LogP contribution is -2.28. The highest BCUT2D eigenvalue weighted by atomic mass is 16.5. The molecule has 1 saturated carbocycles. The van der Waals surface area contributed by atoms with Gasteiger partial charge in [0.25, 0.3) is 0 Å². The summed E-state index contributed by atoms with van der Waals surface area (Å²) in [5.41, 5.74) is 1.31. The molecule has 0 radical (unpaired) electrons. The molecule has 1 aliphatic carbocycles. The molecule has 0 heterocycles. The van der Waals surface area contributed by atoms with Crippen LogP contribution in [0.3, 0.4) is 0 Å². The SMILES string of the molecule is CC(C)Oc1ccc2ccccc2c1CNC1CCCCCC1. The van der Waals surface area contributed by atoms with E-state index in [0.29, 0.717) is 6.04 Å². The molecule has 2 nitrogen and oxygen atoms in total. The lowest BCUT2D eigenvalue weighted by atomic mass is 10.0. The van der Waals surface area contributed by atoms with E-state index < -0.39 is 0 Å². The highest BCUT2D eigenvalue weighted by molar-refractivity contribution is 5.87. The predicted molar refractivity (Wildman–Crippen MR) is 98.0 cm³/mol. The largest absolute Gasteiger partial charge is 0.491 e. The first-order chi connectivity index (χ1) is 11.2.